The van der Waals surface area contributed by atoms with Crippen LogP contribution in [0.4, 0.5) is 13.2 Å². The van der Waals surface area contributed by atoms with Gasteiger partial charge < -0.3 is 4.98 Å². The molecule has 1 aliphatic heterocycles. The van der Waals surface area contributed by atoms with E-state index in [0.717, 1.165) is 49.3 Å². The molecule has 2 aliphatic rings. The van der Waals surface area contributed by atoms with Crippen molar-refractivity contribution in [1.82, 2.24) is 14.9 Å². The van der Waals surface area contributed by atoms with E-state index in [-0.39, 0.29) is 12.1 Å². The van der Waals surface area contributed by atoms with E-state index in [1.54, 1.807) is 0 Å². The number of nitrogens with one attached hydrogen (secondary N) is 1. The molecule has 0 amide bonds. The van der Waals surface area contributed by atoms with E-state index in [9.17, 15) is 18.0 Å². The Labute approximate surface area is 155 Å². The number of nitrogens with zero attached hydrogens (tertiary/aromatic N) is 2. The summed E-state index contributed by atoms with van der Waals surface area (Å²) in [5.41, 5.74) is 1.74. The van der Waals surface area contributed by atoms with E-state index >= 15 is 0 Å². The second-order valence-corrected chi connectivity index (χ2v) is 7.55. The van der Waals surface area contributed by atoms with Gasteiger partial charge in [0.2, 0.25) is 0 Å². The largest absolute Gasteiger partial charge is 0.310 e. The van der Waals surface area contributed by atoms with Gasteiger partial charge in [0.05, 0.1) is 5.69 Å². The molecular weight excluding hydrogens is 355 g/mol. The summed E-state index contributed by atoms with van der Waals surface area (Å²) in [5.74, 6) is -2.76. The van der Waals surface area contributed by atoms with E-state index in [2.05, 4.69) is 4.98 Å². The lowest BCUT2D eigenvalue weighted by atomic mass is 9.88. The Balaban J connectivity index is 1.55. The van der Waals surface area contributed by atoms with E-state index in [0.29, 0.717) is 36.6 Å². The fraction of sp³-hybridized carbons (Fsp3) is 0.500. The monoisotopic (exact) mass is 377 g/mol. The highest BCUT2D eigenvalue weighted by Gasteiger charge is 2.25. The molecule has 1 saturated carbocycles. The predicted octanol–water partition coefficient (Wildman–Crippen LogP) is 3.79. The summed E-state index contributed by atoms with van der Waals surface area (Å²) in [6.45, 7) is 1.31. The van der Waals surface area contributed by atoms with E-state index < -0.39 is 17.5 Å². The van der Waals surface area contributed by atoms with Crippen molar-refractivity contribution in [2.45, 2.75) is 57.5 Å². The van der Waals surface area contributed by atoms with Crippen molar-refractivity contribution in [3.63, 3.8) is 0 Å². The Morgan fingerprint density at radius 1 is 1.11 bits per heavy atom. The highest BCUT2D eigenvalue weighted by molar-refractivity contribution is 5.24. The van der Waals surface area contributed by atoms with Crippen LogP contribution in [0.1, 0.15) is 60.7 Å². The first-order valence-electron chi connectivity index (χ1n) is 9.49. The van der Waals surface area contributed by atoms with E-state index in [1.807, 2.05) is 4.90 Å². The van der Waals surface area contributed by atoms with Gasteiger partial charge in [-0.1, -0.05) is 19.3 Å². The summed E-state index contributed by atoms with van der Waals surface area (Å²) in [6, 6.07) is 2.04. The van der Waals surface area contributed by atoms with Crippen molar-refractivity contribution in [1.29, 1.82) is 0 Å². The first kappa shape index (κ1) is 18.2. The van der Waals surface area contributed by atoms with E-state index in [1.165, 1.54) is 6.42 Å². The first-order valence-corrected chi connectivity index (χ1v) is 9.49. The molecule has 0 spiro atoms. The molecule has 4 rings (SSSR count). The maximum atomic E-state index is 13.5. The topological polar surface area (TPSA) is 49.0 Å². The van der Waals surface area contributed by atoms with Crippen molar-refractivity contribution in [3.05, 3.63) is 62.6 Å². The molecule has 0 unspecified atom stereocenters. The van der Waals surface area contributed by atoms with Gasteiger partial charge in [-0.2, -0.15) is 0 Å². The van der Waals surface area contributed by atoms with Gasteiger partial charge in [-0.15, -0.1) is 0 Å². The number of hydrogen-bond donors (Lipinski definition) is 1. The van der Waals surface area contributed by atoms with Crippen LogP contribution >= 0.6 is 0 Å². The number of benzene rings is 1. The van der Waals surface area contributed by atoms with Crippen LogP contribution in [0.5, 0.6) is 0 Å². The lowest BCUT2D eigenvalue weighted by Crippen LogP contribution is -2.35. The summed E-state index contributed by atoms with van der Waals surface area (Å²) < 4.78 is 40.0. The van der Waals surface area contributed by atoms with Crippen LogP contribution in [0.15, 0.2) is 16.9 Å². The summed E-state index contributed by atoms with van der Waals surface area (Å²) >= 11 is 0. The molecule has 1 fully saturated rings. The van der Waals surface area contributed by atoms with Gasteiger partial charge in [0, 0.05) is 31.1 Å². The number of fused-ring (bicyclic) bond motifs is 1. The van der Waals surface area contributed by atoms with Crippen LogP contribution in [0.2, 0.25) is 0 Å². The summed E-state index contributed by atoms with van der Waals surface area (Å²) in [5, 5.41) is 0. The second kappa shape index (κ2) is 7.46. The van der Waals surface area contributed by atoms with Gasteiger partial charge in [-0.05, 0) is 37.0 Å². The molecule has 0 bridgehead atoms. The van der Waals surface area contributed by atoms with Crippen LogP contribution < -0.4 is 5.56 Å². The van der Waals surface area contributed by atoms with Crippen molar-refractivity contribution in [2.24, 2.45) is 0 Å². The minimum absolute atomic E-state index is 0.0703. The van der Waals surface area contributed by atoms with Crippen molar-refractivity contribution in [2.75, 3.05) is 6.54 Å². The molecule has 1 aromatic carbocycles. The minimum Gasteiger partial charge on any atom is -0.310 e. The lowest BCUT2D eigenvalue weighted by molar-refractivity contribution is 0.238. The predicted molar refractivity (Wildman–Crippen MR) is 94.8 cm³/mol. The average Bonchev–Trinajstić information content (AvgIpc) is 2.66. The van der Waals surface area contributed by atoms with Crippen LogP contribution in [0.3, 0.4) is 0 Å². The molecule has 4 nitrogen and oxygen atoms in total. The van der Waals surface area contributed by atoms with Gasteiger partial charge in [0.15, 0.2) is 17.5 Å². The molecule has 0 radical (unpaired) electrons. The Kier molecular flexibility index (Phi) is 5.04. The Morgan fingerprint density at radius 2 is 1.81 bits per heavy atom. The van der Waals surface area contributed by atoms with Gasteiger partial charge in [-0.3, -0.25) is 9.69 Å². The minimum atomic E-state index is -1.45. The standard InChI is InChI=1S/C20H22F3N3O/c21-15-8-12(9-16(22)18(15)23)10-26-7-6-14-17(11-26)24-19(25-20(14)27)13-4-2-1-3-5-13/h8-9,13H,1-7,10-11H2,(H,24,25,27). The Morgan fingerprint density at radius 3 is 2.52 bits per heavy atom. The fourth-order valence-corrected chi connectivity index (χ4v) is 4.17. The Hall–Kier alpha value is -2.15. The van der Waals surface area contributed by atoms with E-state index in [4.69, 9.17) is 4.98 Å². The zero-order valence-corrected chi connectivity index (χ0v) is 15.0. The molecule has 1 N–H and O–H groups in total. The molecule has 2 heterocycles. The number of hydrogen-bond acceptors (Lipinski definition) is 3. The molecule has 0 saturated heterocycles. The SMILES string of the molecule is O=c1[nH]c(C2CCCCC2)nc2c1CCN(Cc1cc(F)c(F)c(F)c1)C2. The third-order valence-corrected chi connectivity index (χ3v) is 5.61. The normalized spacial score (nSPS) is 18.5. The van der Waals surface area contributed by atoms with Gasteiger partial charge in [0.25, 0.3) is 5.56 Å². The van der Waals surface area contributed by atoms with Gasteiger partial charge in [-0.25, -0.2) is 18.2 Å². The van der Waals surface area contributed by atoms with Crippen LogP contribution in [-0.4, -0.2) is 21.4 Å². The highest BCUT2D eigenvalue weighted by Crippen LogP contribution is 2.31. The third kappa shape index (κ3) is 3.78. The smallest absolute Gasteiger partial charge is 0.254 e. The number of aromatic nitrogens is 2. The van der Waals surface area contributed by atoms with Crippen LogP contribution in [-0.2, 0) is 19.5 Å². The average molecular weight is 377 g/mol. The molecule has 27 heavy (non-hydrogen) atoms. The van der Waals surface area contributed by atoms with Crippen molar-refractivity contribution in [3.8, 4) is 0 Å². The van der Waals surface area contributed by atoms with Crippen LogP contribution in [0.25, 0.3) is 0 Å². The zero-order chi connectivity index (χ0) is 19.0. The first-order chi connectivity index (χ1) is 13.0. The summed E-state index contributed by atoms with van der Waals surface area (Å²) in [7, 11) is 0. The number of H-pyrrole nitrogens is 1. The van der Waals surface area contributed by atoms with Gasteiger partial charge >= 0.3 is 0 Å². The Bertz CT molecular complexity index is 883. The highest BCUT2D eigenvalue weighted by atomic mass is 19.2. The quantitative estimate of drug-likeness (QED) is 0.828. The number of rotatable bonds is 3. The molecule has 1 aromatic heterocycles. The summed E-state index contributed by atoms with van der Waals surface area (Å²) in [4.78, 5) is 22.1. The fourth-order valence-electron chi connectivity index (χ4n) is 4.17. The maximum absolute atomic E-state index is 13.5. The molecular formula is C20H22F3N3O. The second-order valence-electron chi connectivity index (χ2n) is 7.55. The maximum Gasteiger partial charge on any atom is 0.254 e. The van der Waals surface area contributed by atoms with Crippen molar-refractivity contribution < 1.29 is 13.2 Å². The van der Waals surface area contributed by atoms with Crippen LogP contribution in [0, 0.1) is 17.5 Å². The summed E-state index contributed by atoms with van der Waals surface area (Å²) in [6.07, 6.45) is 6.15. The number of aromatic amines is 1. The molecule has 2 aromatic rings. The molecule has 7 heteroatoms. The van der Waals surface area contributed by atoms with Crippen molar-refractivity contribution >= 4 is 0 Å². The zero-order valence-electron chi connectivity index (χ0n) is 15.0. The number of halogens is 3. The molecule has 144 valence electrons. The molecule has 0 atom stereocenters. The lowest BCUT2D eigenvalue weighted by Gasteiger charge is -2.29. The molecule has 1 aliphatic carbocycles. The van der Waals surface area contributed by atoms with Gasteiger partial charge in [0.1, 0.15) is 5.82 Å². The third-order valence-electron chi connectivity index (χ3n) is 5.61.